The summed E-state index contributed by atoms with van der Waals surface area (Å²) in [7, 11) is 0. The Labute approximate surface area is 553 Å². The minimum Gasteiger partial charge on any atom is -0.409 e. The molecule has 482 valence electrons. The maximum atomic E-state index is 14.7. The van der Waals surface area contributed by atoms with Crippen LogP contribution in [-0.2, 0) is 0 Å². The summed E-state index contributed by atoms with van der Waals surface area (Å²) in [5.41, 5.74) is 6.12. The van der Waals surface area contributed by atoms with Gasteiger partial charge in [0.1, 0.15) is 52.4 Å². The second-order valence-electron chi connectivity index (χ2n) is 20.5. The van der Waals surface area contributed by atoms with Crippen molar-refractivity contribution >= 4 is 122 Å². The van der Waals surface area contributed by atoms with Crippen LogP contribution >= 0.6 is 34.8 Å². The van der Waals surface area contributed by atoms with Gasteiger partial charge in [-0.25, -0.2) is 32.5 Å². The van der Waals surface area contributed by atoms with E-state index in [4.69, 9.17) is 56.6 Å². The second-order valence-corrected chi connectivity index (χ2v) is 21.8. The zero-order valence-corrected chi connectivity index (χ0v) is 51.6. The molecule has 2 aliphatic heterocycles. The molecule has 6 aromatic carbocycles. The largest absolute Gasteiger partial charge is 0.409 e. The fraction of sp³-hybridized carbons (Fsp3) is 0.0909. The first kappa shape index (κ1) is 67.8. The molecule has 0 atom stereocenters. The molecule has 11 N–H and O–H groups in total. The lowest BCUT2D eigenvalue weighted by molar-refractivity contribution is 0.100. The topological polar surface area (TPSA) is 326 Å². The minimum atomic E-state index is -0.871. The van der Waals surface area contributed by atoms with Crippen LogP contribution in [0.3, 0.4) is 0 Å². The summed E-state index contributed by atoms with van der Waals surface area (Å²) in [5, 5.41) is 44.2. The number of carbonyl (C=O) groups is 6. The second kappa shape index (κ2) is 31.1. The van der Waals surface area contributed by atoms with E-state index >= 15 is 0 Å². The van der Waals surface area contributed by atoms with Crippen molar-refractivity contribution in [3.63, 3.8) is 0 Å². The number of hydrogen-bond donors (Lipinski definition) is 10. The quantitative estimate of drug-likeness (QED) is 0.0150. The van der Waals surface area contributed by atoms with Crippen molar-refractivity contribution < 1.29 is 51.5 Å². The molecule has 3 aromatic heterocycles. The van der Waals surface area contributed by atoms with Crippen molar-refractivity contribution in [1.29, 1.82) is 10.8 Å². The molecule has 11 rings (SSSR count). The van der Waals surface area contributed by atoms with Crippen LogP contribution in [0.15, 0.2) is 181 Å². The molecule has 0 radical (unpaired) electrons. The van der Waals surface area contributed by atoms with Gasteiger partial charge in [0, 0.05) is 61.5 Å². The number of anilines is 6. The molecule has 22 nitrogen and oxygen atoms in total. The number of amidine groups is 3. The number of para-hydroxylation sites is 2. The molecular formula is C66H52Cl3F4N15O7. The molecule has 2 saturated heterocycles. The average molecular weight is 1350 g/mol. The smallest absolute Gasteiger partial charge is 0.259 e. The number of benzene rings is 6. The van der Waals surface area contributed by atoms with Gasteiger partial charge in [-0.05, 0) is 128 Å². The number of halogens is 7. The number of rotatable bonds is 15. The molecule has 0 spiro atoms. The van der Waals surface area contributed by atoms with Crippen molar-refractivity contribution in [1.82, 2.24) is 24.8 Å². The van der Waals surface area contributed by atoms with E-state index in [0.29, 0.717) is 32.0 Å². The van der Waals surface area contributed by atoms with Crippen LogP contribution in [0.5, 0.6) is 0 Å². The highest BCUT2D eigenvalue weighted by Gasteiger charge is 2.25. The molecule has 2 aliphatic rings. The van der Waals surface area contributed by atoms with Gasteiger partial charge in [0.15, 0.2) is 5.84 Å². The van der Waals surface area contributed by atoms with E-state index < -0.39 is 58.7 Å². The number of aromatic nitrogens is 3. The Morgan fingerprint density at radius 3 is 1.09 bits per heavy atom. The normalized spacial score (nSPS) is 12.1. The summed E-state index contributed by atoms with van der Waals surface area (Å²) >= 11 is 17.4. The Hall–Kier alpha value is -11.6. The SMILES string of the molecule is N/C(=N/O)c1ccc(C(=O)Nc2ccccc2C(=O)Nc2ccc(Cl)cn2)c(F)c1.N=C(c1ccc(C(=O)Nc2ccc(F)cc2C(=O)Nc2ccc(Cl)cn2)c(F)c1)N1CCC1.N=C(c1ccc(C(=O)Nc2ccccc2C(=O)Nc2ccc(Cl)cn2)c(F)c1)N1CCC1. The third-order valence-corrected chi connectivity index (χ3v) is 14.8. The number of amides is 6. The summed E-state index contributed by atoms with van der Waals surface area (Å²) in [6, 6.07) is 36.5. The molecule has 0 unspecified atom stereocenters. The Kier molecular flexibility index (Phi) is 22.2. The lowest BCUT2D eigenvalue weighted by atomic mass is 10.1. The van der Waals surface area contributed by atoms with E-state index in [2.05, 4.69) is 52.0 Å². The summed E-state index contributed by atoms with van der Waals surface area (Å²) in [6.07, 6.45) is 6.10. The van der Waals surface area contributed by atoms with E-state index in [1.165, 1.54) is 97.5 Å². The number of carbonyl (C=O) groups excluding carboxylic acids is 6. The molecule has 0 aliphatic carbocycles. The summed E-state index contributed by atoms with van der Waals surface area (Å²) in [6.45, 7) is 3.02. The zero-order valence-electron chi connectivity index (χ0n) is 49.3. The van der Waals surface area contributed by atoms with Crippen LogP contribution in [-0.4, -0.2) is 109 Å². The van der Waals surface area contributed by atoms with Crippen LogP contribution in [0, 0.1) is 34.1 Å². The van der Waals surface area contributed by atoms with Gasteiger partial charge < -0.3 is 52.6 Å². The van der Waals surface area contributed by atoms with Gasteiger partial charge in [-0.2, -0.15) is 0 Å². The lowest BCUT2D eigenvalue weighted by Crippen LogP contribution is -2.42. The van der Waals surface area contributed by atoms with E-state index in [9.17, 15) is 46.3 Å². The van der Waals surface area contributed by atoms with Crippen molar-refractivity contribution in [3.05, 3.63) is 265 Å². The molecule has 29 heteroatoms. The van der Waals surface area contributed by atoms with Gasteiger partial charge in [0.05, 0.1) is 65.5 Å². The highest BCUT2D eigenvalue weighted by atomic mass is 35.5. The van der Waals surface area contributed by atoms with Gasteiger partial charge in [-0.1, -0.05) is 82.4 Å². The van der Waals surface area contributed by atoms with Crippen LogP contribution in [0.4, 0.5) is 52.1 Å². The van der Waals surface area contributed by atoms with Crippen molar-refractivity contribution in [2.24, 2.45) is 10.9 Å². The van der Waals surface area contributed by atoms with E-state index in [1.54, 1.807) is 59.5 Å². The molecule has 6 amide bonds. The molecule has 9 aromatic rings. The standard InChI is InChI=1S/C23H18ClF2N5O2.C23H19ClFN5O2.C20H15ClFN5O3/c24-14-3-7-20(28-12-14)30-23(33)17-11-15(25)4-6-19(17)29-22(32)16-5-2-13(10-18(16)26)21(27)31-8-1-9-31;24-15-7-9-20(27-13-15)29-23(32)17-4-1-2-5-19(17)28-22(31)16-8-6-14(12-18(16)25)21(26)30-10-3-11-30;21-12-6-8-17(24-10-12)26-20(29)14-3-1-2-4-16(14)25-19(28)13-7-5-11(9-15(13)22)18(23)27-30/h2-7,10-12,27H,1,8-9H2,(H,29,32)(H,28,30,33);1-2,4-9,12-13,26H,3,10-11H2,(H,28,31)(H,27,29,32);1-10,30H,(H2,23,27)(H,25,28)(H,24,26,29). The van der Waals surface area contributed by atoms with Crippen LogP contribution in [0.25, 0.3) is 0 Å². The monoisotopic (exact) mass is 1350 g/mol. The molecule has 95 heavy (non-hydrogen) atoms. The van der Waals surface area contributed by atoms with Gasteiger partial charge in [-0.3, -0.25) is 39.6 Å². The van der Waals surface area contributed by atoms with E-state index in [0.717, 1.165) is 63.3 Å². The maximum Gasteiger partial charge on any atom is 0.259 e. The molecule has 2 fully saturated rings. The minimum absolute atomic E-state index is 0.00957. The summed E-state index contributed by atoms with van der Waals surface area (Å²) in [5.74, 6) is -6.26. The molecule has 0 bridgehead atoms. The van der Waals surface area contributed by atoms with Crippen LogP contribution < -0.4 is 37.6 Å². The number of nitrogens with one attached hydrogen (secondary N) is 8. The summed E-state index contributed by atoms with van der Waals surface area (Å²) in [4.78, 5) is 91.5. The Bertz CT molecular complexity index is 4470. The predicted molar refractivity (Wildman–Crippen MR) is 352 cm³/mol. The number of likely N-dealkylation sites (tertiary alicyclic amines) is 2. The third-order valence-electron chi connectivity index (χ3n) is 14.2. The maximum absolute atomic E-state index is 14.7. The molecular weight excluding hydrogens is 1300 g/mol. The first-order valence-corrected chi connectivity index (χ1v) is 29.5. The average Bonchev–Trinajstić information content (AvgIpc) is 0.916. The number of nitrogens with two attached hydrogens (primary N) is 1. The van der Waals surface area contributed by atoms with Gasteiger partial charge in [0.2, 0.25) is 0 Å². The van der Waals surface area contributed by atoms with Crippen molar-refractivity contribution in [3.8, 4) is 0 Å². The number of oxime groups is 1. The lowest BCUT2D eigenvalue weighted by Gasteiger charge is -2.33. The Balaban J connectivity index is 0.000000168. The van der Waals surface area contributed by atoms with Crippen molar-refractivity contribution in [2.45, 2.75) is 12.8 Å². The van der Waals surface area contributed by atoms with Crippen LogP contribution in [0.2, 0.25) is 15.1 Å². The first-order valence-electron chi connectivity index (χ1n) is 28.4. The predicted octanol–water partition coefficient (Wildman–Crippen LogP) is 12.4. The van der Waals surface area contributed by atoms with Crippen molar-refractivity contribution in [2.75, 3.05) is 58.1 Å². The molecule has 0 saturated carbocycles. The number of pyridine rings is 3. The summed E-state index contributed by atoms with van der Waals surface area (Å²) < 4.78 is 57.5. The zero-order chi connectivity index (χ0) is 67.9. The number of nitrogens with zero attached hydrogens (tertiary/aromatic N) is 6. The fourth-order valence-corrected chi connectivity index (χ4v) is 9.25. The first-order chi connectivity index (χ1) is 45.6. The highest BCUT2D eigenvalue weighted by Crippen LogP contribution is 2.26. The van der Waals surface area contributed by atoms with E-state index in [1.807, 2.05) is 4.90 Å². The van der Waals surface area contributed by atoms with Crippen LogP contribution in [0.1, 0.15) is 91.7 Å². The van der Waals surface area contributed by atoms with Gasteiger partial charge in [-0.15, -0.1) is 0 Å². The molecule has 5 heterocycles. The van der Waals surface area contributed by atoms with Gasteiger partial charge in [0.25, 0.3) is 35.4 Å². The van der Waals surface area contributed by atoms with Gasteiger partial charge >= 0.3 is 0 Å². The third kappa shape index (κ3) is 17.5. The Morgan fingerprint density at radius 1 is 0.421 bits per heavy atom. The number of hydrogen-bond acceptors (Lipinski definition) is 13. The highest BCUT2D eigenvalue weighted by molar-refractivity contribution is 6.31. The fourth-order valence-electron chi connectivity index (χ4n) is 8.92. The van der Waals surface area contributed by atoms with E-state index in [-0.39, 0.29) is 85.1 Å². The Morgan fingerprint density at radius 2 is 0.758 bits per heavy atom.